The van der Waals surface area contributed by atoms with Crippen molar-refractivity contribution in [2.75, 3.05) is 6.61 Å². The summed E-state index contributed by atoms with van der Waals surface area (Å²) >= 11 is 0. The van der Waals surface area contributed by atoms with E-state index in [4.69, 9.17) is 5.11 Å². The summed E-state index contributed by atoms with van der Waals surface area (Å²) in [5.74, 6) is -0.382. The van der Waals surface area contributed by atoms with E-state index < -0.39 is 18.8 Å². The fourth-order valence-electron chi connectivity index (χ4n) is 2.57. The van der Waals surface area contributed by atoms with Crippen LogP contribution >= 0.6 is 0 Å². The first-order valence-electron chi connectivity index (χ1n) is 9.93. The average Bonchev–Trinajstić information content (AvgIpc) is 2.63. The molecule has 0 aliphatic heterocycles. The second-order valence-corrected chi connectivity index (χ2v) is 6.64. The number of ketones is 1. The minimum Gasteiger partial charge on any atom is -0.394 e. The highest BCUT2D eigenvalue weighted by atomic mass is 16.4. The van der Waals surface area contributed by atoms with Gasteiger partial charge in [0.1, 0.15) is 12.2 Å². The van der Waals surface area contributed by atoms with Gasteiger partial charge < -0.3 is 15.3 Å². The van der Waals surface area contributed by atoms with E-state index in [-0.39, 0.29) is 12.2 Å². The average molecular weight is 355 g/mol. The standard InChI is InChI=1S/C21H38O4/c1-2-3-4-5-6-7-8-9-10-11-12-13-14-15-16-17-19(23)21(25)20(24)18-22/h6-7,9-10,20-22,24-25H,2-5,8,11-18H2,1H3/t20-,21+/m0/s1. The number of carbonyl (C=O) groups is 1. The third kappa shape index (κ3) is 15.0. The molecule has 25 heavy (non-hydrogen) atoms. The largest absolute Gasteiger partial charge is 0.394 e. The van der Waals surface area contributed by atoms with Crippen LogP contribution in [0.4, 0.5) is 0 Å². The molecule has 0 aromatic heterocycles. The molecule has 0 bridgehead atoms. The quantitative estimate of drug-likeness (QED) is 0.272. The van der Waals surface area contributed by atoms with Crippen LogP contribution in [0.25, 0.3) is 0 Å². The Balaban J connectivity index is 3.41. The lowest BCUT2D eigenvalue weighted by molar-refractivity contribution is -0.134. The van der Waals surface area contributed by atoms with E-state index in [0.717, 1.165) is 44.9 Å². The molecular formula is C21H38O4. The monoisotopic (exact) mass is 354 g/mol. The molecule has 0 aliphatic rings. The molecule has 0 saturated carbocycles. The molecule has 0 heterocycles. The molecule has 0 amide bonds. The smallest absolute Gasteiger partial charge is 0.164 e. The third-order valence-corrected chi connectivity index (χ3v) is 4.26. The van der Waals surface area contributed by atoms with Gasteiger partial charge in [-0.15, -0.1) is 0 Å². The maximum Gasteiger partial charge on any atom is 0.164 e. The number of rotatable bonds is 17. The number of hydrogen-bond donors (Lipinski definition) is 3. The maximum absolute atomic E-state index is 11.5. The van der Waals surface area contributed by atoms with Crippen LogP contribution in [0.1, 0.15) is 84.0 Å². The van der Waals surface area contributed by atoms with Gasteiger partial charge in [0.2, 0.25) is 0 Å². The maximum atomic E-state index is 11.5. The summed E-state index contributed by atoms with van der Waals surface area (Å²) in [5, 5.41) is 27.3. The molecule has 0 radical (unpaired) electrons. The van der Waals surface area contributed by atoms with Crippen molar-refractivity contribution in [1.82, 2.24) is 0 Å². The van der Waals surface area contributed by atoms with Crippen LogP contribution in [0.2, 0.25) is 0 Å². The van der Waals surface area contributed by atoms with Crippen molar-refractivity contribution in [3.05, 3.63) is 24.3 Å². The normalized spacial score (nSPS) is 14.4. The van der Waals surface area contributed by atoms with Gasteiger partial charge in [-0.05, 0) is 38.5 Å². The first-order valence-corrected chi connectivity index (χ1v) is 9.93. The van der Waals surface area contributed by atoms with Crippen molar-refractivity contribution in [2.24, 2.45) is 0 Å². The van der Waals surface area contributed by atoms with E-state index in [0.29, 0.717) is 0 Å². The molecule has 2 atom stereocenters. The number of aliphatic hydroxyl groups excluding tert-OH is 3. The van der Waals surface area contributed by atoms with Gasteiger partial charge in [0.05, 0.1) is 6.61 Å². The highest BCUT2D eigenvalue weighted by Crippen LogP contribution is 2.10. The van der Waals surface area contributed by atoms with Crippen molar-refractivity contribution in [3.63, 3.8) is 0 Å². The summed E-state index contributed by atoms with van der Waals surface area (Å²) in [7, 11) is 0. The summed E-state index contributed by atoms with van der Waals surface area (Å²) in [6.45, 7) is 1.63. The van der Waals surface area contributed by atoms with Gasteiger partial charge in [0, 0.05) is 6.42 Å². The zero-order chi connectivity index (χ0) is 18.8. The van der Waals surface area contributed by atoms with Crippen LogP contribution in [0.3, 0.4) is 0 Å². The lowest BCUT2D eigenvalue weighted by Crippen LogP contribution is -2.36. The first-order chi connectivity index (χ1) is 12.1. The molecule has 0 rings (SSSR count). The molecule has 0 aliphatic carbocycles. The Morgan fingerprint density at radius 1 is 0.840 bits per heavy atom. The van der Waals surface area contributed by atoms with Crippen LogP contribution in [-0.2, 0) is 4.79 Å². The molecule has 0 unspecified atom stereocenters. The zero-order valence-electron chi connectivity index (χ0n) is 15.9. The Bertz CT molecular complexity index is 363. The van der Waals surface area contributed by atoms with E-state index in [1.54, 1.807) is 0 Å². The number of Topliss-reactive ketones (excluding diaryl/α,β-unsaturated/α-hetero) is 1. The van der Waals surface area contributed by atoms with E-state index in [2.05, 4.69) is 31.2 Å². The zero-order valence-corrected chi connectivity index (χ0v) is 15.9. The lowest BCUT2D eigenvalue weighted by atomic mass is 10.0. The van der Waals surface area contributed by atoms with Crippen molar-refractivity contribution in [3.8, 4) is 0 Å². The van der Waals surface area contributed by atoms with Crippen molar-refractivity contribution >= 4 is 5.78 Å². The van der Waals surface area contributed by atoms with E-state index in [1.807, 2.05) is 0 Å². The Morgan fingerprint density at radius 3 is 2.00 bits per heavy atom. The number of aliphatic hydroxyl groups is 3. The highest BCUT2D eigenvalue weighted by Gasteiger charge is 2.22. The molecule has 0 aromatic rings. The fraction of sp³-hybridized carbons (Fsp3) is 0.762. The van der Waals surface area contributed by atoms with Gasteiger partial charge in [-0.3, -0.25) is 4.79 Å². The van der Waals surface area contributed by atoms with Crippen molar-refractivity contribution in [2.45, 2.75) is 96.2 Å². The molecule has 146 valence electrons. The summed E-state index contributed by atoms with van der Waals surface area (Å²) < 4.78 is 0. The highest BCUT2D eigenvalue weighted by molar-refractivity contribution is 5.83. The van der Waals surface area contributed by atoms with Crippen molar-refractivity contribution in [1.29, 1.82) is 0 Å². The summed E-state index contributed by atoms with van der Waals surface area (Å²) in [4.78, 5) is 11.5. The Morgan fingerprint density at radius 2 is 1.40 bits per heavy atom. The van der Waals surface area contributed by atoms with Crippen LogP contribution in [-0.4, -0.2) is 39.9 Å². The molecule has 0 saturated heterocycles. The number of hydrogen-bond acceptors (Lipinski definition) is 4. The summed E-state index contributed by atoms with van der Waals surface area (Å²) in [6, 6.07) is 0. The van der Waals surface area contributed by atoms with Gasteiger partial charge >= 0.3 is 0 Å². The van der Waals surface area contributed by atoms with Crippen LogP contribution < -0.4 is 0 Å². The number of carbonyl (C=O) groups excluding carboxylic acids is 1. The first kappa shape index (κ1) is 24.0. The summed E-state index contributed by atoms with van der Waals surface area (Å²) in [5.41, 5.74) is 0. The Hall–Kier alpha value is -0.970. The topological polar surface area (TPSA) is 77.8 Å². The second-order valence-electron chi connectivity index (χ2n) is 6.64. The molecule has 0 fully saturated rings. The van der Waals surface area contributed by atoms with E-state index in [9.17, 15) is 15.0 Å². The number of allylic oxidation sites excluding steroid dienone is 4. The molecule has 4 heteroatoms. The van der Waals surface area contributed by atoms with E-state index >= 15 is 0 Å². The minimum atomic E-state index is -1.45. The minimum absolute atomic E-state index is 0.267. The summed E-state index contributed by atoms with van der Waals surface area (Å²) in [6.07, 6.45) is 18.7. The molecule has 4 nitrogen and oxygen atoms in total. The van der Waals surface area contributed by atoms with Gasteiger partial charge in [0.25, 0.3) is 0 Å². The van der Waals surface area contributed by atoms with Gasteiger partial charge in [0.15, 0.2) is 5.78 Å². The van der Waals surface area contributed by atoms with Gasteiger partial charge in [-0.2, -0.15) is 0 Å². The SMILES string of the molecule is CCCCCC=CCC=CCCCCCCCC(=O)[C@@H](O)[C@@H](O)CO. The predicted octanol–water partition coefficient (Wildman–Crippen LogP) is 4.08. The van der Waals surface area contributed by atoms with Crippen LogP contribution in [0.5, 0.6) is 0 Å². The molecule has 0 aromatic carbocycles. The van der Waals surface area contributed by atoms with E-state index in [1.165, 1.54) is 25.7 Å². The number of unbranched alkanes of at least 4 members (excludes halogenated alkanes) is 8. The van der Waals surface area contributed by atoms with Crippen molar-refractivity contribution < 1.29 is 20.1 Å². The lowest BCUT2D eigenvalue weighted by Gasteiger charge is -2.13. The fourth-order valence-corrected chi connectivity index (χ4v) is 2.57. The third-order valence-electron chi connectivity index (χ3n) is 4.26. The second kappa shape index (κ2) is 17.8. The Labute approximate surface area is 153 Å². The molecular weight excluding hydrogens is 316 g/mol. The Kier molecular flexibility index (Phi) is 17.1. The van der Waals surface area contributed by atoms with Crippen LogP contribution in [0.15, 0.2) is 24.3 Å². The molecule has 3 N–H and O–H groups in total. The predicted molar refractivity (Wildman–Crippen MR) is 103 cm³/mol. The van der Waals surface area contributed by atoms with Gasteiger partial charge in [-0.25, -0.2) is 0 Å². The van der Waals surface area contributed by atoms with Crippen LogP contribution in [0, 0.1) is 0 Å². The molecule has 0 spiro atoms. The van der Waals surface area contributed by atoms with Gasteiger partial charge in [-0.1, -0.05) is 63.3 Å².